The Morgan fingerprint density at radius 1 is 1.23 bits per heavy atom. The molecule has 1 N–H and O–H groups in total. The molecule has 0 aliphatic rings. The highest BCUT2D eigenvalue weighted by Gasteiger charge is 2.18. The van der Waals surface area contributed by atoms with E-state index in [1.165, 1.54) is 0 Å². The summed E-state index contributed by atoms with van der Waals surface area (Å²) in [6.07, 6.45) is 1.77. The molecule has 0 saturated heterocycles. The first kappa shape index (κ1) is 22.0. The molecular formula is C23H28ClN3O3. The monoisotopic (exact) mass is 429 g/mol. The van der Waals surface area contributed by atoms with E-state index in [4.69, 9.17) is 20.8 Å². The van der Waals surface area contributed by atoms with Crippen molar-refractivity contribution in [2.24, 2.45) is 7.05 Å². The van der Waals surface area contributed by atoms with Crippen molar-refractivity contribution in [2.75, 3.05) is 0 Å². The fraction of sp³-hybridized carbons (Fsp3) is 0.391. The van der Waals surface area contributed by atoms with E-state index in [1.807, 2.05) is 40.0 Å². The number of amides is 1. The van der Waals surface area contributed by atoms with Crippen molar-refractivity contribution in [3.8, 4) is 5.75 Å². The number of furan rings is 1. The Balaban J connectivity index is 1.66. The molecule has 1 atom stereocenters. The van der Waals surface area contributed by atoms with Gasteiger partial charge < -0.3 is 14.5 Å². The lowest BCUT2D eigenvalue weighted by Gasteiger charge is -2.15. The minimum Gasteiger partial charge on any atom is -0.485 e. The molecule has 2 heterocycles. The van der Waals surface area contributed by atoms with Gasteiger partial charge in [0.25, 0.3) is 5.91 Å². The number of hydrogen-bond donors (Lipinski definition) is 1. The second-order valence-electron chi connectivity index (χ2n) is 7.85. The van der Waals surface area contributed by atoms with Gasteiger partial charge in [-0.3, -0.25) is 9.48 Å². The van der Waals surface area contributed by atoms with E-state index in [1.54, 1.807) is 23.0 Å². The summed E-state index contributed by atoms with van der Waals surface area (Å²) in [5.41, 5.74) is 3.97. The minimum absolute atomic E-state index is 0.179. The molecule has 30 heavy (non-hydrogen) atoms. The zero-order chi connectivity index (χ0) is 22.0. The number of carbonyl (C=O) groups excluding carboxylic acids is 1. The van der Waals surface area contributed by atoms with Crippen LogP contribution in [-0.2, 0) is 13.7 Å². The normalized spacial score (nSPS) is 12.3. The number of rotatable bonds is 7. The Morgan fingerprint density at radius 3 is 2.60 bits per heavy atom. The zero-order valence-electron chi connectivity index (χ0n) is 18.2. The molecule has 0 aliphatic heterocycles. The maximum atomic E-state index is 12.6. The van der Waals surface area contributed by atoms with Gasteiger partial charge in [0.2, 0.25) is 0 Å². The molecule has 0 spiro atoms. The van der Waals surface area contributed by atoms with Crippen LogP contribution in [0.15, 0.2) is 34.9 Å². The molecule has 6 nitrogen and oxygen atoms in total. The van der Waals surface area contributed by atoms with Crippen LogP contribution in [0, 0.1) is 13.8 Å². The summed E-state index contributed by atoms with van der Waals surface area (Å²) in [6, 6.07) is 7.12. The van der Waals surface area contributed by atoms with Crippen LogP contribution in [0.4, 0.5) is 0 Å². The summed E-state index contributed by atoms with van der Waals surface area (Å²) >= 11 is 6.26. The van der Waals surface area contributed by atoms with Crippen molar-refractivity contribution < 1.29 is 13.9 Å². The molecule has 0 saturated carbocycles. The third-order valence-electron chi connectivity index (χ3n) is 5.26. The average Bonchev–Trinajstić information content (AvgIpc) is 3.29. The predicted octanol–water partition coefficient (Wildman–Crippen LogP) is 5.48. The first-order valence-electron chi connectivity index (χ1n) is 9.98. The molecule has 3 rings (SSSR count). The van der Waals surface area contributed by atoms with E-state index < -0.39 is 0 Å². The van der Waals surface area contributed by atoms with Gasteiger partial charge in [0.05, 0.1) is 12.2 Å². The highest BCUT2D eigenvalue weighted by molar-refractivity contribution is 6.31. The largest absolute Gasteiger partial charge is 0.485 e. The molecule has 2 aromatic heterocycles. The van der Waals surface area contributed by atoms with Crippen LogP contribution in [0.1, 0.15) is 71.4 Å². The number of aryl methyl sites for hydroxylation is 2. The first-order valence-corrected chi connectivity index (χ1v) is 10.4. The molecule has 3 aromatic rings. The van der Waals surface area contributed by atoms with Crippen LogP contribution in [0.25, 0.3) is 0 Å². The molecule has 0 aliphatic carbocycles. The number of ether oxygens (including phenoxy) is 1. The van der Waals surface area contributed by atoms with Gasteiger partial charge in [0, 0.05) is 23.3 Å². The van der Waals surface area contributed by atoms with Crippen molar-refractivity contribution in [3.05, 3.63) is 69.4 Å². The molecular weight excluding hydrogens is 402 g/mol. The molecule has 0 radical (unpaired) electrons. The van der Waals surface area contributed by atoms with Crippen LogP contribution in [0.2, 0.25) is 5.02 Å². The summed E-state index contributed by atoms with van der Waals surface area (Å²) in [5, 5.41) is 7.90. The van der Waals surface area contributed by atoms with Crippen LogP contribution in [0.5, 0.6) is 5.75 Å². The van der Waals surface area contributed by atoms with E-state index in [0.29, 0.717) is 5.76 Å². The first-order chi connectivity index (χ1) is 14.2. The third-order valence-corrected chi connectivity index (χ3v) is 5.66. The van der Waals surface area contributed by atoms with Gasteiger partial charge in [-0.2, -0.15) is 5.10 Å². The molecule has 1 unspecified atom stereocenters. The maximum Gasteiger partial charge on any atom is 0.287 e. The van der Waals surface area contributed by atoms with Crippen molar-refractivity contribution in [3.63, 3.8) is 0 Å². The number of benzene rings is 1. The second-order valence-corrected chi connectivity index (χ2v) is 8.26. The molecule has 1 aromatic carbocycles. The fourth-order valence-corrected chi connectivity index (χ4v) is 3.43. The highest BCUT2D eigenvalue weighted by Crippen LogP contribution is 2.32. The van der Waals surface area contributed by atoms with Crippen LogP contribution in [-0.4, -0.2) is 15.7 Å². The number of nitrogens with zero attached hydrogens (tertiary/aromatic N) is 2. The Labute approximate surface area is 182 Å². The number of carbonyl (C=O) groups is 1. The number of nitrogens with one attached hydrogen (secondary N) is 1. The highest BCUT2D eigenvalue weighted by atomic mass is 35.5. The smallest absolute Gasteiger partial charge is 0.287 e. The van der Waals surface area contributed by atoms with Crippen LogP contribution in [0.3, 0.4) is 0 Å². The quantitative estimate of drug-likeness (QED) is 0.540. The van der Waals surface area contributed by atoms with E-state index in [0.717, 1.165) is 33.2 Å². The predicted molar refractivity (Wildman–Crippen MR) is 117 cm³/mol. The van der Waals surface area contributed by atoms with Crippen molar-refractivity contribution in [1.82, 2.24) is 15.1 Å². The summed E-state index contributed by atoms with van der Waals surface area (Å²) in [4.78, 5) is 12.6. The summed E-state index contributed by atoms with van der Waals surface area (Å²) in [5.74, 6) is 1.59. The van der Waals surface area contributed by atoms with E-state index in [-0.39, 0.29) is 30.2 Å². The number of hydrogen-bond acceptors (Lipinski definition) is 4. The Morgan fingerprint density at radius 2 is 1.97 bits per heavy atom. The number of aromatic nitrogens is 2. The van der Waals surface area contributed by atoms with Gasteiger partial charge in [0.1, 0.15) is 18.1 Å². The maximum absolute atomic E-state index is 12.6. The molecule has 0 bridgehead atoms. The van der Waals surface area contributed by atoms with Gasteiger partial charge in [-0.05, 0) is 62.1 Å². The summed E-state index contributed by atoms with van der Waals surface area (Å²) in [6.45, 7) is 10.2. The SMILES string of the molecule is Cc1cc(OCc2ccc(C(=O)NC(C)c3cnn(C)c3C)o2)c(C(C)C)cc1Cl. The molecule has 160 valence electrons. The van der Waals surface area contributed by atoms with Gasteiger partial charge in [-0.15, -0.1) is 0 Å². The second kappa shape index (κ2) is 8.96. The lowest BCUT2D eigenvalue weighted by Crippen LogP contribution is -2.26. The lowest BCUT2D eigenvalue weighted by molar-refractivity contribution is 0.0907. The Hall–Kier alpha value is -2.73. The van der Waals surface area contributed by atoms with Gasteiger partial charge in [-0.25, -0.2) is 0 Å². The minimum atomic E-state index is -0.276. The van der Waals surface area contributed by atoms with Crippen molar-refractivity contribution >= 4 is 17.5 Å². The average molecular weight is 430 g/mol. The van der Waals surface area contributed by atoms with Crippen molar-refractivity contribution in [1.29, 1.82) is 0 Å². The van der Waals surface area contributed by atoms with Gasteiger partial charge in [0.15, 0.2) is 5.76 Å². The molecule has 1 amide bonds. The summed E-state index contributed by atoms with van der Waals surface area (Å²) in [7, 11) is 1.87. The van der Waals surface area contributed by atoms with E-state index in [2.05, 4.69) is 24.3 Å². The summed E-state index contributed by atoms with van der Waals surface area (Å²) < 4.78 is 13.5. The Kier molecular flexibility index (Phi) is 6.56. The molecule has 0 fully saturated rings. The Bertz CT molecular complexity index is 1050. The standard InChI is InChI=1S/C23H28ClN3O3/c1-13(2)18-10-20(24)14(3)9-22(18)29-12-17-7-8-21(30-17)23(28)26-15(4)19-11-25-27(6)16(19)5/h7-11,13,15H,12H2,1-6H3,(H,26,28). The van der Waals surface area contributed by atoms with Crippen LogP contribution >= 0.6 is 11.6 Å². The number of halogens is 1. The lowest BCUT2D eigenvalue weighted by atomic mass is 10.0. The van der Waals surface area contributed by atoms with Gasteiger partial charge in [-0.1, -0.05) is 25.4 Å². The zero-order valence-corrected chi connectivity index (χ0v) is 19.0. The van der Waals surface area contributed by atoms with E-state index >= 15 is 0 Å². The van der Waals surface area contributed by atoms with Crippen LogP contribution < -0.4 is 10.1 Å². The third kappa shape index (κ3) is 4.70. The van der Waals surface area contributed by atoms with Gasteiger partial charge >= 0.3 is 0 Å². The van der Waals surface area contributed by atoms with Crippen molar-refractivity contribution in [2.45, 2.75) is 53.2 Å². The van der Waals surface area contributed by atoms with E-state index in [9.17, 15) is 4.79 Å². The fourth-order valence-electron chi connectivity index (χ4n) is 3.26. The molecule has 7 heteroatoms. The topological polar surface area (TPSA) is 69.3 Å².